The molecule has 2 heterocycles. The minimum Gasteiger partial charge on any atom is -0.451 e. The van der Waals surface area contributed by atoms with Crippen molar-refractivity contribution >= 4 is 34.7 Å². The molecule has 2 aromatic rings. The maximum atomic E-state index is 12.6. The fourth-order valence-corrected chi connectivity index (χ4v) is 3.51. The largest absolute Gasteiger partial charge is 0.451 e. The lowest BCUT2D eigenvalue weighted by Gasteiger charge is -2.23. The highest BCUT2D eigenvalue weighted by Crippen LogP contribution is 2.19. The number of thiophene rings is 1. The predicted molar refractivity (Wildman–Crippen MR) is 108 cm³/mol. The number of aryl methyl sites for hydroxylation is 1. The van der Waals surface area contributed by atoms with Gasteiger partial charge in [0.2, 0.25) is 0 Å². The van der Waals surface area contributed by atoms with Crippen molar-refractivity contribution in [2.75, 3.05) is 23.8 Å². The van der Waals surface area contributed by atoms with Gasteiger partial charge in [-0.3, -0.25) is 19.1 Å². The van der Waals surface area contributed by atoms with Crippen LogP contribution in [0, 0.1) is 6.92 Å². The molecule has 0 bridgehead atoms. The van der Waals surface area contributed by atoms with E-state index >= 15 is 0 Å². The zero-order valence-electron chi connectivity index (χ0n) is 16.1. The molecule has 0 fully saturated rings. The maximum absolute atomic E-state index is 12.6. The Bertz CT molecular complexity index is 975. The minimum absolute atomic E-state index is 0.0853. The smallest absolute Gasteiger partial charge is 0.349 e. The van der Waals surface area contributed by atoms with Gasteiger partial charge in [0.25, 0.3) is 11.5 Å². The Labute approximate surface area is 165 Å². The molecule has 0 atom stereocenters. The van der Waals surface area contributed by atoms with Crippen molar-refractivity contribution < 1.29 is 14.3 Å². The quantitative estimate of drug-likeness (QED) is 0.637. The summed E-state index contributed by atoms with van der Waals surface area (Å²) in [4.78, 5) is 52.8. The Morgan fingerprint density at radius 2 is 2.04 bits per heavy atom. The highest BCUT2D eigenvalue weighted by molar-refractivity contribution is 7.12. The summed E-state index contributed by atoms with van der Waals surface area (Å²) in [6.45, 7) is 5.28. The van der Waals surface area contributed by atoms with E-state index in [1.807, 2.05) is 6.92 Å². The second-order valence-electron chi connectivity index (χ2n) is 6.15. The molecule has 0 aliphatic carbocycles. The summed E-state index contributed by atoms with van der Waals surface area (Å²) in [5, 5.41) is 1.76. The van der Waals surface area contributed by atoms with E-state index in [-0.39, 0.29) is 18.1 Å². The average molecular weight is 408 g/mol. The Hall–Kier alpha value is -2.88. The summed E-state index contributed by atoms with van der Waals surface area (Å²) in [5.41, 5.74) is 5.30. The van der Waals surface area contributed by atoms with Crippen molar-refractivity contribution in [3.63, 3.8) is 0 Å². The molecule has 3 N–H and O–H groups in total. The van der Waals surface area contributed by atoms with Crippen molar-refractivity contribution in [1.82, 2.24) is 9.55 Å². The fraction of sp³-hybridized carbons (Fsp3) is 0.444. The number of ether oxygens (including phenoxy) is 1. The van der Waals surface area contributed by atoms with Gasteiger partial charge in [-0.1, -0.05) is 13.3 Å². The average Bonchev–Trinajstić information content (AvgIpc) is 3.08. The first kappa shape index (κ1) is 21.4. The number of nitrogens with zero attached hydrogens (tertiary/aromatic N) is 2. The summed E-state index contributed by atoms with van der Waals surface area (Å²) < 4.78 is 6.32. The molecule has 9 nitrogen and oxygen atoms in total. The van der Waals surface area contributed by atoms with E-state index in [1.54, 1.807) is 25.3 Å². The van der Waals surface area contributed by atoms with Gasteiger partial charge in [0.05, 0.1) is 0 Å². The summed E-state index contributed by atoms with van der Waals surface area (Å²) in [7, 11) is 0. The van der Waals surface area contributed by atoms with Gasteiger partial charge in [-0.05, 0) is 37.3 Å². The molecule has 2 rings (SSSR count). The summed E-state index contributed by atoms with van der Waals surface area (Å²) >= 11 is 1.22. The van der Waals surface area contributed by atoms with Crippen LogP contribution in [-0.2, 0) is 16.1 Å². The Kier molecular flexibility index (Phi) is 7.16. The number of carbonyl (C=O) groups excluding carboxylic acids is 2. The number of aromatic amines is 1. The maximum Gasteiger partial charge on any atom is 0.349 e. The molecule has 10 heteroatoms. The number of hydrogen-bond acceptors (Lipinski definition) is 7. The van der Waals surface area contributed by atoms with Crippen LogP contribution in [0.3, 0.4) is 0 Å². The Morgan fingerprint density at radius 1 is 1.32 bits per heavy atom. The molecule has 0 radical (unpaired) electrons. The zero-order chi connectivity index (χ0) is 20.8. The van der Waals surface area contributed by atoms with Crippen LogP contribution >= 0.6 is 11.3 Å². The highest BCUT2D eigenvalue weighted by atomic mass is 32.1. The number of likely N-dealkylation sites (N-methyl/N-ethyl adjacent to an activating group) is 1. The number of anilines is 2. The first-order valence-corrected chi connectivity index (χ1v) is 9.83. The standard InChI is InChI=1S/C18H24N4O5S/c1-4-6-8-22-15(19)13(16(24)20-18(22)26)21(5-2)12(23)10-27-17(25)14-11(3)7-9-28-14/h7,9H,4-6,8,10,19H2,1-3H3,(H,20,24,26). The number of rotatable bonds is 8. The van der Waals surface area contributed by atoms with Crippen LogP contribution < -0.4 is 21.9 Å². The summed E-state index contributed by atoms with van der Waals surface area (Å²) in [6.07, 6.45) is 1.52. The Balaban J connectivity index is 2.25. The van der Waals surface area contributed by atoms with Crippen LogP contribution in [0.15, 0.2) is 21.0 Å². The summed E-state index contributed by atoms with van der Waals surface area (Å²) in [6, 6.07) is 1.78. The molecule has 28 heavy (non-hydrogen) atoms. The lowest BCUT2D eigenvalue weighted by Crippen LogP contribution is -2.42. The third kappa shape index (κ3) is 4.50. The molecule has 0 aromatic carbocycles. The number of amides is 1. The fourth-order valence-electron chi connectivity index (χ4n) is 2.69. The second kappa shape index (κ2) is 9.36. The highest BCUT2D eigenvalue weighted by Gasteiger charge is 2.24. The normalized spacial score (nSPS) is 10.7. The third-order valence-electron chi connectivity index (χ3n) is 4.21. The van der Waals surface area contributed by atoms with Crippen molar-refractivity contribution in [3.8, 4) is 0 Å². The number of nitrogens with two attached hydrogens (primary N) is 1. The lowest BCUT2D eigenvalue weighted by atomic mass is 10.3. The van der Waals surface area contributed by atoms with Crippen LogP contribution in [0.25, 0.3) is 0 Å². The van der Waals surface area contributed by atoms with Gasteiger partial charge in [-0.2, -0.15) is 0 Å². The molecule has 2 aromatic heterocycles. The number of esters is 1. The van der Waals surface area contributed by atoms with Crippen LogP contribution in [0.2, 0.25) is 0 Å². The first-order chi connectivity index (χ1) is 13.3. The van der Waals surface area contributed by atoms with Crippen molar-refractivity contribution in [2.45, 2.75) is 40.2 Å². The SMILES string of the molecule is CCCCn1c(N)c(N(CC)C(=O)COC(=O)c2sccc2C)c(=O)[nH]c1=O. The number of nitrogen functional groups attached to an aromatic ring is 1. The van der Waals surface area contributed by atoms with Gasteiger partial charge < -0.3 is 15.4 Å². The molecule has 1 amide bonds. The van der Waals surface area contributed by atoms with Gasteiger partial charge in [0, 0.05) is 13.1 Å². The molecule has 0 spiro atoms. The number of nitrogens with one attached hydrogen (secondary N) is 1. The minimum atomic E-state index is -0.758. The zero-order valence-corrected chi connectivity index (χ0v) is 16.9. The number of aromatic nitrogens is 2. The molecular weight excluding hydrogens is 384 g/mol. The van der Waals surface area contributed by atoms with E-state index in [1.165, 1.54) is 15.9 Å². The molecule has 0 saturated carbocycles. The molecular formula is C18H24N4O5S. The molecule has 152 valence electrons. The van der Waals surface area contributed by atoms with Crippen LogP contribution in [0.5, 0.6) is 0 Å². The van der Waals surface area contributed by atoms with Crippen molar-refractivity contribution in [3.05, 3.63) is 42.7 Å². The van der Waals surface area contributed by atoms with E-state index in [9.17, 15) is 19.2 Å². The number of hydrogen-bond donors (Lipinski definition) is 2. The second-order valence-corrected chi connectivity index (χ2v) is 7.06. The van der Waals surface area contributed by atoms with Crippen molar-refractivity contribution in [1.29, 1.82) is 0 Å². The van der Waals surface area contributed by atoms with Gasteiger partial charge in [-0.25, -0.2) is 9.59 Å². The van der Waals surface area contributed by atoms with Crippen LogP contribution in [0.4, 0.5) is 11.5 Å². The van der Waals surface area contributed by atoms with Crippen molar-refractivity contribution in [2.24, 2.45) is 0 Å². The van der Waals surface area contributed by atoms with Gasteiger partial charge in [0.15, 0.2) is 12.3 Å². The number of H-pyrrole nitrogens is 1. The molecule has 0 saturated heterocycles. The molecule has 0 unspecified atom stereocenters. The topological polar surface area (TPSA) is 127 Å². The van der Waals surface area contributed by atoms with Gasteiger partial charge >= 0.3 is 11.7 Å². The van der Waals surface area contributed by atoms with Crippen LogP contribution in [0.1, 0.15) is 41.9 Å². The number of unbranched alkanes of at least 4 members (excludes halogenated alkanes) is 1. The van der Waals surface area contributed by atoms with E-state index in [4.69, 9.17) is 10.5 Å². The van der Waals surface area contributed by atoms with E-state index < -0.39 is 29.7 Å². The van der Waals surface area contributed by atoms with E-state index in [0.717, 1.165) is 16.9 Å². The van der Waals surface area contributed by atoms with Gasteiger partial charge in [0.1, 0.15) is 10.7 Å². The predicted octanol–water partition coefficient (Wildman–Crippen LogP) is 1.50. The third-order valence-corrected chi connectivity index (χ3v) is 5.21. The number of carbonyl (C=O) groups is 2. The summed E-state index contributed by atoms with van der Waals surface area (Å²) in [5.74, 6) is -1.30. The first-order valence-electron chi connectivity index (χ1n) is 8.95. The van der Waals surface area contributed by atoms with Crippen LogP contribution in [-0.4, -0.2) is 34.6 Å². The van der Waals surface area contributed by atoms with Gasteiger partial charge in [-0.15, -0.1) is 11.3 Å². The molecule has 0 aliphatic heterocycles. The van der Waals surface area contributed by atoms with E-state index in [0.29, 0.717) is 17.8 Å². The Morgan fingerprint density at radius 3 is 2.61 bits per heavy atom. The van der Waals surface area contributed by atoms with E-state index in [2.05, 4.69) is 4.98 Å². The lowest BCUT2D eigenvalue weighted by molar-refractivity contribution is -0.121. The molecule has 0 aliphatic rings. The monoisotopic (exact) mass is 408 g/mol.